The van der Waals surface area contributed by atoms with Gasteiger partial charge in [-0.3, -0.25) is 9.59 Å². The molecule has 7 rings (SSSR count). The second-order valence-corrected chi connectivity index (χ2v) is 14.4. The number of benzene rings is 2. The fourth-order valence-electron chi connectivity index (χ4n) is 10.0. The fourth-order valence-corrected chi connectivity index (χ4v) is 10.0. The van der Waals surface area contributed by atoms with Gasteiger partial charge in [0.05, 0.1) is 29.8 Å². The number of carbonyl (C=O) groups excluding carboxylic acids is 3. The Bertz CT molecular complexity index is 1590. The van der Waals surface area contributed by atoms with Crippen molar-refractivity contribution in [2.45, 2.75) is 82.6 Å². The molecule has 1 N–H and O–H groups in total. The molecule has 1 aliphatic heterocycles. The number of fused-ring (bicyclic) bond motifs is 4. The summed E-state index contributed by atoms with van der Waals surface area (Å²) in [5.41, 5.74) is -1.02. The van der Waals surface area contributed by atoms with E-state index >= 15 is 0 Å². The van der Waals surface area contributed by atoms with Gasteiger partial charge in [-0.15, -0.1) is 0 Å². The minimum atomic E-state index is -1.65. The maximum Gasteiger partial charge on any atom is 0.338 e. The molecule has 1 saturated heterocycles. The number of carbonyl (C=O) groups is 3. The molecule has 3 saturated carbocycles. The molecule has 0 radical (unpaired) electrons. The molecule has 0 aromatic heterocycles. The van der Waals surface area contributed by atoms with Crippen LogP contribution in [-0.4, -0.2) is 79.8 Å². The van der Waals surface area contributed by atoms with Gasteiger partial charge < -0.3 is 28.8 Å². The number of ketones is 1. The fraction of sp³-hybridized carbons (Fsp3) is 0.553. The minimum absolute atomic E-state index is 0.00496. The molecule has 9 unspecified atom stereocenters. The number of ether oxygens (including phenoxy) is 5. The van der Waals surface area contributed by atoms with Crippen LogP contribution in [0.2, 0.25) is 0 Å². The molecule has 9 heteroatoms. The lowest BCUT2D eigenvalue weighted by Gasteiger charge is -2.71. The molecular weight excluding hydrogens is 600 g/mol. The highest BCUT2D eigenvalue weighted by molar-refractivity contribution is 5.94. The molecule has 0 spiro atoms. The zero-order valence-corrected chi connectivity index (χ0v) is 27.6. The van der Waals surface area contributed by atoms with Gasteiger partial charge in [0.15, 0.2) is 5.78 Å². The van der Waals surface area contributed by atoms with Crippen LogP contribution in [0.4, 0.5) is 0 Å². The van der Waals surface area contributed by atoms with Crippen molar-refractivity contribution in [3.8, 4) is 0 Å². The van der Waals surface area contributed by atoms with E-state index in [1.54, 1.807) is 31.4 Å². The van der Waals surface area contributed by atoms with E-state index in [1.807, 2.05) is 57.2 Å². The highest BCUT2D eigenvalue weighted by Gasteiger charge is 2.82. The quantitative estimate of drug-likeness (QED) is 0.328. The van der Waals surface area contributed by atoms with Crippen molar-refractivity contribution < 1.29 is 43.2 Å². The van der Waals surface area contributed by atoms with Gasteiger partial charge in [-0.25, -0.2) is 4.79 Å². The van der Waals surface area contributed by atoms with E-state index in [0.717, 1.165) is 5.56 Å². The predicted octanol–water partition coefficient (Wildman–Crippen LogP) is 4.50. The van der Waals surface area contributed by atoms with Gasteiger partial charge in [0.25, 0.3) is 0 Å². The standard InChI is InChI=1S/C38H44O9/c1-21-26(46-28(39)17-16-22-12-8-6-9-13-22)19-38(42)34(47-35(41)23-14-10-7-11-15-23)31-30-24-20-45-25(24)18-27(43-4)36(30,2)33(40)32(44-5)29(21)37(31,38)3/h6-15,24-27,30-32,34,42H,16-20H2,1-5H3/t24?,25?,26-,27?,30?,31?,32?,34-,36?,37?,38?/m0/s1. The lowest BCUT2D eigenvalue weighted by molar-refractivity contribution is -0.330. The monoisotopic (exact) mass is 644 g/mol. The van der Waals surface area contributed by atoms with Gasteiger partial charge in [-0.05, 0) is 55.0 Å². The van der Waals surface area contributed by atoms with Crippen LogP contribution >= 0.6 is 0 Å². The second kappa shape index (κ2) is 11.7. The molecular formula is C38H44O9. The number of methoxy groups -OCH3 is 2. The van der Waals surface area contributed by atoms with Gasteiger partial charge in [0.1, 0.15) is 23.9 Å². The van der Waals surface area contributed by atoms with Gasteiger partial charge in [-0.2, -0.15) is 0 Å². The van der Waals surface area contributed by atoms with E-state index in [0.29, 0.717) is 36.2 Å². The Kier molecular flexibility index (Phi) is 7.98. The van der Waals surface area contributed by atoms with E-state index in [2.05, 4.69) is 0 Å². The van der Waals surface area contributed by atoms with Crippen LogP contribution in [0.1, 0.15) is 56.0 Å². The summed E-state index contributed by atoms with van der Waals surface area (Å²) in [6.45, 7) is 6.25. The number of rotatable bonds is 8. The summed E-state index contributed by atoms with van der Waals surface area (Å²) in [7, 11) is 3.12. The van der Waals surface area contributed by atoms with E-state index < -0.39 is 58.7 Å². The molecule has 4 aliphatic carbocycles. The Labute approximate surface area is 275 Å². The molecule has 2 aromatic carbocycles. The van der Waals surface area contributed by atoms with Crippen molar-refractivity contribution in [1.82, 2.24) is 0 Å². The number of hydrogen-bond acceptors (Lipinski definition) is 9. The smallest absolute Gasteiger partial charge is 0.338 e. The highest BCUT2D eigenvalue weighted by Crippen LogP contribution is 2.74. The van der Waals surface area contributed by atoms with E-state index in [-0.39, 0.29) is 36.6 Å². The zero-order chi connectivity index (χ0) is 33.3. The average molecular weight is 645 g/mol. The molecule has 0 amide bonds. The third-order valence-electron chi connectivity index (χ3n) is 12.5. The summed E-state index contributed by atoms with van der Waals surface area (Å²) in [5.74, 6) is -1.90. The highest BCUT2D eigenvalue weighted by atomic mass is 16.6. The number of esters is 2. The largest absolute Gasteiger partial charge is 0.458 e. The van der Waals surface area contributed by atoms with Crippen LogP contribution in [0, 0.1) is 28.6 Å². The van der Waals surface area contributed by atoms with Crippen LogP contribution in [0.5, 0.6) is 0 Å². The predicted molar refractivity (Wildman–Crippen MR) is 170 cm³/mol. The Balaban J connectivity index is 1.33. The first kappa shape index (κ1) is 32.2. The first-order valence-corrected chi connectivity index (χ1v) is 16.6. The van der Waals surface area contributed by atoms with E-state index in [4.69, 9.17) is 23.7 Å². The number of aryl methyl sites for hydroxylation is 1. The van der Waals surface area contributed by atoms with E-state index in [1.165, 1.54) is 7.11 Å². The Hall–Kier alpha value is -3.37. The maximum absolute atomic E-state index is 15.0. The van der Waals surface area contributed by atoms with Gasteiger partial charge in [0, 0.05) is 50.7 Å². The van der Waals surface area contributed by atoms with Crippen LogP contribution in [0.3, 0.4) is 0 Å². The zero-order valence-electron chi connectivity index (χ0n) is 27.6. The molecule has 1 heterocycles. The van der Waals surface area contributed by atoms with Crippen molar-refractivity contribution in [1.29, 1.82) is 0 Å². The third kappa shape index (κ3) is 4.53. The van der Waals surface area contributed by atoms with Crippen molar-refractivity contribution in [2.24, 2.45) is 28.6 Å². The molecule has 250 valence electrons. The van der Waals surface area contributed by atoms with Crippen molar-refractivity contribution >= 4 is 17.7 Å². The normalized spacial score (nSPS) is 40.1. The van der Waals surface area contributed by atoms with Gasteiger partial charge >= 0.3 is 11.9 Å². The summed E-state index contributed by atoms with van der Waals surface area (Å²) in [6, 6.07) is 18.4. The summed E-state index contributed by atoms with van der Waals surface area (Å²) in [5, 5.41) is 12.9. The number of aliphatic hydroxyl groups is 1. The SMILES string of the molecule is COC1C(=O)C2(C)C(OC)CC3OCC3C2C2[C@H](OC(=O)c3ccccc3)C3(O)C[C@H](OC(=O)CCc4ccccc4)C(C)=C1C23C. The maximum atomic E-state index is 15.0. The lowest BCUT2D eigenvalue weighted by atomic mass is 9.36. The number of hydrogen-bond donors (Lipinski definition) is 1. The molecule has 47 heavy (non-hydrogen) atoms. The summed E-state index contributed by atoms with van der Waals surface area (Å²) in [4.78, 5) is 41.9. The summed E-state index contributed by atoms with van der Waals surface area (Å²) < 4.78 is 30.6. The molecule has 0 bridgehead atoms. The Morgan fingerprint density at radius 3 is 2.26 bits per heavy atom. The summed E-state index contributed by atoms with van der Waals surface area (Å²) in [6.07, 6.45) is -2.21. The lowest BCUT2D eigenvalue weighted by Crippen LogP contribution is -2.80. The molecule has 4 fully saturated rings. The third-order valence-corrected chi connectivity index (χ3v) is 12.5. The minimum Gasteiger partial charge on any atom is -0.458 e. The molecule has 9 nitrogen and oxygen atoms in total. The first-order valence-electron chi connectivity index (χ1n) is 16.6. The molecule has 5 aliphatic rings. The van der Waals surface area contributed by atoms with Crippen molar-refractivity contribution in [3.63, 3.8) is 0 Å². The van der Waals surface area contributed by atoms with Crippen molar-refractivity contribution in [2.75, 3.05) is 20.8 Å². The Morgan fingerprint density at radius 2 is 1.64 bits per heavy atom. The summed E-state index contributed by atoms with van der Waals surface area (Å²) >= 11 is 0. The van der Waals surface area contributed by atoms with Crippen molar-refractivity contribution in [3.05, 3.63) is 82.9 Å². The van der Waals surface area contributed by atoms with Gasteiger partial charge in [0.2, 0.25) is 0 Å². The second-order valence-electron chi connectivity index (χ2n) is 14.4. The van der Waals surface area contributed by atoms with Gasteiger partial charge in [-0.1, -0.05) is 55.5 Å². The van der Waals surface area contributed by atoms with Crippen LogP contribution in [0.25, 0.3) is 0 Å². The average Bonchev–Trinajstić information content (AvgIpc) is 3.12. The van der Waals surface area contributed by atoms with Crippen LogP contribution in [0.15, 0.2) is 71.8 Å². The molecule has 2 aromatic rings. The first-order chi connectivity index (χ1) is 22.5. The van der Waals surface area contributed by atoms with E-state index in [9.17, 15) is 19.5 Å². The molecule has 11 atom stereocenters. The Morgan fingerprint density at radius 1 is 0.957 bits per heavy atom. The number of Topliss-reactive ketones (excluding diaryl/α,β-unsaturated/α-hetero) is 1. The topological polar surface area (TPSA) is 118 Å². The van der Waals surface area contributed by atoms with Crippen LogP contribution < -0.4 is 0 Å². The van der Waals surface area contributed by atoms with Crippen LogP contribution in [-0.2, 0) is 39.7 Å².